The van der Waals surface area contributed by atoms with Crippen LogP contribution >= 0.6 is 0 Å². The van der Waals surface area contributed by atoms with Crippen molar-refractivity contribution >= 4 is 11.9 Å². The van der Waals surface area contributed by atoms with E-state index in [-0.39, 0.29) is 22.1 Å². The maximum absolute atomic E-state index is 11.3. The van der Waals surface area contributed by atoms with Crippen molar-refractivity contribution < 1.29 is 23.3 Å². The van der Waals surface area contributed by atoms with Crippen LogP contribution in [0.4, 0.5) is 4.79 Å². The Hall–Kier alpha value is -1.34. The van der Waals surface area contributed by atoms with Gasteiger partial charge in [0.1, 0.15) is 0 Å². The fraction of sp³-hybridized carbons (Fsp3) is 0.867. The van der Waals surface area contributed by atoms with Crippen molar-refractivity contribution in [2.45, 2.75) is 27.7 Å². The Kier molecular flexibility index (Phi) is 12.5. The number of rotatable bonds is 12. The Labute approximate surface area is 138 Å². The Morgan fingerprint density at radius 2 is 1.41 bits per heavy atom. The molecule has 22 heavy (non-hydrogen) atoms. The van der Waals surface area contributed by atoms with Crippen LogP contribution in [0.5, 0.6) is 0 Å². The van der Waals surface area contributed by atoms with E-state index >= 15 is 0 Å². The van der Waals surface area contributed by atoms with Gasteiger partial charge in [-0.15, -0.1) is 0 Å². The van der Waals surface area contributed by atoms with Crippen LogP contribution in [0, 0.1) is 11.8 Å². The number of amides is 3. The van der Waals surface area contributed by atoms with Crippen LogP contribution in [-0.4, -0.2) is 58.0 Å². The molecule has 0 aliphatic carbocycles. The molecule has 0 unspecified atom stereocenters. The predicted molar refractivity (Wildman–Crippen MR) is 92.1 cm³/mol. The molecule has 3 N–H and O–H groups in total. The molecule has 0 fully saturated rings. The first-order valence-corrected chi connectivity index (χ1v) is 7.88. The highest BCUT2D eigenvalue weighted by molar-refractivity contribution is 5.77. The van der Waals surface area contributed by atoms with Crippen LogP contribution in [0.15, 0.2) is 0 Å². The maximum atomic E-state index is 11.3. The highest BCUT2D eigenvalue weighted by atomic mass is 16.5. The summed E-state index contributed by atoms with van der Waals surface area (Å²) in [5.74, 6) is 0.458. The average molecular weight is 323 g/mol. The zero-order chi connectivity index (χ0) is 16.8. The summed E-state index contributed by atoms with van der Waals surface area (Å²) in [7, 11) is 0. The fourth-order valence-corrected chi connectivity index (χ4v) is 1.37. The van der Waals surface area contributed by atoms with E-state index in [0.717, 1.165) is 0 Å². The molecule has 0 aliphatic heterocycles. The second kappa shape index (κ2) is 13.3. The van der Waals surface area contributed by atoms with Gasteiger partial charge in [-0.1, -0.05) is 27.7 Å². The highest BCUT2D eigenvalue weighted by Gasteiger charge is 2.04. The Bertz CT molecular complexity index is 322. The van der Waals surface area contributed by atoms with Crippen LogP contribution in [0.3, 0.4) is 0 Å². The normalized spacial score (nSPS) is 10.8. The van der Waals surface area contributed by atoms with Gasteiger partial charge in [-0.3, -0.25) is 4.79 Å². The largest absolute Gasteiger partial charge is 0.377 e. The maximum Gasteiger partial charge on any atom is 0.314 e. The lowest BCUT2D eigenvalue weighted by Gasteiger charge is -2.10. The lowest BCUT2D eigenvalue weighted by atomic mass is 10.2. The number of carbonyl (C=O) groups excluding carboxylic acids is 2. The summed E-state index contributed by atoms with van der Waals surface area (Å²) in [5.41, 5.74) is 0. The van der Waals surface area contributed by atoms with E-state index in [4.69, 9.17) is 9.47 Å². The fourth-order valence-electron chi connectivity index (χ4n) is 1.37. The second-order valence-electron chi connectivity index (χ2n) is 5.70. The molecule has 0 radical (unpaired) electrons. The van der Waals surface area contributed by atoms with Crippen molar-refractivity contribution in [3.05, 3.63) is 0 Å². The molecule has 3 amide bonds. The van der Waals surface area contributed by atoms with Crippen LogP contribution in [0.25, 0.3) is 0 Å². The molecule has 136 valence electrons. The molecule has 0 heterocycles. The molecule has 0 aromatic heterocycles. The molecule has 7 heteroatoms. The third-order valence-electron chi connectivity index (χ3n) is 2.64. The molecule has 0 aliphatic rings. The summed E-state index contributed by atoms with van der Waals surface area (Å²) < 4.78 is 10.6. The van der Waals surface area contributed by atoms with Crippen molar-refractivity contribution in [3.63, 3.8) is 0 Å². The monoisotopic (exact) mass is 323 g/mol. The number of nitrogens with one attached hydrogen (secondary N) is 3. The van der Waals surface area contributed by atoms with Gasteiger partial charge in [0.2, 0.25) is 5.91 Å². The molecule has 0 aromatic rings. The summed E-state index contributed by atoms with van der Waals surface area (Å²) in [6.07, 6.45) is 0. The van der Waals surface area contributed by atoms with Gasteiger partial charge in [0, 0.05) is 29.8 Å². The number of carbonyl (C=O) groups is 2. The van der Waals surface area contributed by atoms with E-state index in [2.05, 4.69) is 16.0 Å². The van der Waals surface area contributed by atoms with Crippen molar-refractivity contribution in [2.75, 3.05) is 46.1 Å². The molecule has 0 aromatic carbocycles. The second-order valence-corrected chi connectivity index (χ2v) is 5.70. The minimum Gasteiger partial charge on any atom is -0.377 e. The summed E-state index contributed by atoms with van der Waals surface area (Å²) in [6.45, 7) is 11.3. The predicted octanol–water partition coefficient (Wildman–Crippen LogP) is 1.49. The van der Waals surface area contributed by atoms with E-state index < -0.39 is 0 Å². The first-order valence-electron chi connectivity index (χ1n) is 7.88. The third kappa shape index (κ3) is 13.6. The third-order valence-corrected chi connectivity index (χ3v) is 2.64. The molecule has 0 saturated heterocycles. The zero-order valence-corrected chi connectivity index (χ0v) is 14.2. The van der Waals surface area contributed by atoms with Gasteiger partial charge in [-0.05, 0) is 5.92 Å². The number of ether oxygens (including phenoxy) is 2. The zero-order valence-electron chi connectivity index (χ0n) is 14.2. The quantitative estimate of drug-likeness (QED) is 0.475. The number of urea groups is 1. The summed E-state index contributed by atoms with van der Waals surface area (Å²) >= 11 is 0. The summed E-state index contributed by atoms with van der Waals surface area (Å²) in [6, 6.07) is -0.172. The van der Waals surface area contributed by atoms with E-state index in [1.807, 2.05) is 27.7 Å². The molecule has 0 rings (SSSR count). The number of hydrogen-bond donors (Lipinski definition) is 3. The first-order chi connectivity index (χ1) is 10.4. The van der Waals surface area contributed by atoms with Crippen molar-refractivity contribution in [1.82, 2.24) is 16.0 Å². The first kappa shape index (κ1) is 20.7. The van der Waals surface area contributed by atoms with Gasteiger partial charge in [0.15, 0.2) is 0 Å². The Morgan fingerprint density at radius 1 is 0.864 bits per heavy atom. The lowest BCUT2D eigenvalue weighted by Crippen LogP contribution is -2.39. The minimum atomic E-state index is -0.172. The van der Waals surface area contributed by atoms with Gasteiger partial charge < -0.3 is 25.4 Å². The molecule has 7 nitrogen and oxygen atoms in total. The van der Waals surface area contributed by atoms with E-state index in [1.165, 1.54) is 0 Å². The van der Waals surface area contributed by atoms with Gasteiger partial charge in [-0.2, -0.15) is 0 Å². The van der Waals surface area contributed by atoms with Crippen molar-refractivity contribution in [1.29, 1.82) is 0 Å². The Balaban J connectivity index is -0.000000735. The van der Waals surface area contributed by atoms with Crippen LogP contribution < -0.4 is 16.0 Å². The highest BCUT2D eigenvalue weighted by Crippen LogP contribution is 1.89. The molecule has 0 saturated carbocycles. The number of hydrogen-bond acceptors (Lipinski definition) is 4. The van der Waals surface area contributed by atoms with Gasteiger partial charge in [0.05, 0.1) is 26.4 Å². The lowest BCUT2D eigenvalue weighted by molar-refractivity contribution is -0.124. The topological polar surface area (TPSA) is 88.7 Å². The van der Waals surface area contributed by atoms with Crippen LogP contribution in [0.1, 0.15) is 32.0 Å². The van der Waals surface area contributed by atoms with Crippen molar-refractivity contribution in [2.24, 2.45) is 11.8 Å². The summed E-state index contributed by atoms with van der Waals surface area (Å²) in [4.78, 5) is 22.6. The van der Waals surface area contributed by atoms with E-state index in [0.29, 0.717) is 52.0 Å². The van der Waals surface area contributed by atoms with Crippen LogP contribution in [0.2, 0.25) is 0 Å². The molecular weight excluding hydrogens is 286 g/mol. The molecule has 0 atom stereocenters. The van der Waals surface area contributed by atoms with Gasteiger partial charge in [-0.25, -0.2) is 4.79 Å². The standard InChI is InChI=1S/C15H31N3O4.3H2/c1-12(2)11-18-15(20)17-6-8-22-10-9-21-7-5-16-14(19)13(3)4;;;/h12-13H,5-11H2,1-4H3,(H,16,19)(H2,17,18,20);3*1H. The SMILES string of the molecule is CC(C)CNC(=O)NCCOCCOCCNC(=O)C(C)C.[HH].[HH].[HH]. The summed E-state index contributed by atoms with van der Waals surface area (Å²) in [5, 5.41) is 8.23. The van der Waals surface area contributed by atoms with E-state index in [1.54, 1.807) is 0 Å². The molecular formula is C15H37N3O4. The van der Waals surface area contributed by atoms with Crippen molar-refractivity contribution in [3.8, 4) is 0 Å². The minimum absolute atomic E-state index is 0. The average Bonchev–Trinajstić information content (AvgIpc) is 2.46. The van der Waals surface area contributed by atoms with E-state index in [9.17, 15) is 9.59 Å². The smallest absolute Gasteiger partial charge is 0.314 e. The van der Waals surface area contributed by atoms with Gasteiger partial charge >= 0.3 is 6.03 Å². The van der Waals surface area contributed by atoms with Crippen LogP contribution in [-0.2, 0) is 14.3 Å². The molecule has 0 spiro atoms. The van der Waals surface area contributed by atoms with Gasteiger partial charge in [0.25, 0.3) is 0 Å². The molecule has 0 bridgehead atoms. The Morgan fingerprint density at radius 3 is 1.91 bits per heavy atom.